The van der Waals surface area contributed by atoms with E-state index in [9.17, 15) is 9.59 Å². The van der Waals surface area contributed by atoms with Crippen molar-refractivity contribution in [3.05, 3.63) is 32.6 Å². The third kappa shape index (κ3) is 3.55. The van der Waals surface area contributed by atoms with E-state index < -0.39 is 18.4 Å². The lowest BCUT2D eigenvalue weighted by atomic mass is 10.2. The van der Waals surface area contributed by atoms with Crippen molar-refractivity contribution in [2.24, 2.45) is 0 Å². The number of hydrogen-bond donors (Lipinski definition) is 1. The second kappa shape index (κ2) is 6.87. The quantitative estimate of drug-likeness (QED) is 0.641. The van der Waals surface area contributed by atoms with Gasteiger partial charge in [0.15, 0.2) is 0 Å². The predicted octanol–water partition coefficient (Wildman–Crippen LogP) is 3.29. The number of ether oxygens (including phenoxy) is 1. The normalized spacial score (nSPS) is 16.5. The molecule has 1 aliphatic rings. The Morgan fingerprint density at radius 3 is 2.77 bits per heavy atom. The number of carboxylic acids is 1. The van der Waals surface area contributed by atoms with Gasteiger partial charge in [-0.3, -0.25) is 14.5 Å². The van der Waals surface area contributed by atoms with Crippen LogP contribution in [0.25, 0.3) is 6.08 Å². The summed E-state index contributed by atoms with van der Waals surface area (Å²) in [5.41, 5.74) is 0.510. The van der Waals surface area contributed by atoms with Crippen LogP contribution in [0.5, 0.6) is 5.75 Å². The van der Waals surface area contributed by atoms with E-state index >= 15 is 0 Å². The minimum absolute atomic E-state index is 0.186. The van der Waals surface area contributed by atoms with E-state index in [0.717, 1.165) is 16.7 Å². The first-order valence-corrected chi connectivity index (χ1v) is 7.81. The van der Waals surface area contributed by atoms with E-state index in [0.29, 0.717) is 21.4 Å². The van der Waals surface area contributed by atoms with Gasteiger partial charge in [0.25, 0.3) is 5.91 Å². The van der Waals surface area contributed by atoms with Crippen LogP contribution in [0.15, 0.2) is 17.0 Å². The maximum absolute atomic E-state index is 12.2. The summed E-state index contributed by atoms with van der Waals surface area (Å²) in [6.07, 6.45) is 1.53. The molecule has 0 aromatic heterocycles. The molecule has 116 valence electrons. The van der Waals surface area contributed by atoms with Crippen molar-refractivity contribution in [1.82, 2.24) is 4.90 Å². The summed E-state index contributed by atoms with van der Waals surface area (Å²) in [4.78, 5) is 24.3. The summed E-state index contributed by atoms with van der Waals surface area (Å²) < 4.78 is 5.38. The lowest BCUT2D eigenvalue weighted by Crippen LogP contribution is -2.33. The molecular weight excluding hydrogens is 369 g/mol. The highest BCUT2D eigenvalue weighted by atomic mass is 35.5. The van der Waals surface area contributed by atoms with Gasteiger partial charge in [0, 0.05) is 10.6 Å². The fourth-order valence-corrected chi connectivity index (χ4v) is 3.65. The lowest BCUT2D eigenvalue weighted by Gasteiger charge is -2.10. The Morgan fingerprint density at radius 2 is 2.18 bits per heavy atom. The minimum atomic E-state index is -1.14. The molecule has 1 fully saturated rings. The molecule has 1 aliphatic heterocycles. The van der Waals surface area contributed by atoms with Gasteiger partial charge in [-0.2, -0.15) is 0 Å². The average Bonchev–Trinajstić information content (AvgIpc) is 2.65. The molecule has 1 amide bonds. The maximum atomic E-state index is 12.2. The molecule has 1 heterocycles. The van der Waals surface area contributed by atoms with Gasteiger partial charge in [-0.1, -0.05) is 47.2 Å². The number of carbonyl (C=O) groups excluding carboxylic acids is 1. The summed E-state index contributed by atoms with van der Waals surface area (Å²) in [6.45, 7) is -0.477. The average molecular weight is 378 g/mol. The van der Waals surface area contributed by atoms with Crippen LogP contribution in [0.2, 0.25) is 10.0 Å². The number of hydrogen-bond acceptors (Lipinski definition) is 5. The number of aliphatic carboxylic acids is 1. The monoisotopic (exact) mass is 377 g/mol. The first kappa shape index (κ1) is 17.1. The van der Waals surface area contributed by atoms with E-state index in [1.807, 2.05) is 0 Å². The Balaban J connectivity index is 2.41. The summed E-state index contributed by atoms with van der Waals surface area (Å²) in [7, 11) is 1.45. The van der Waals surface area contributed by atoms with Crippen LogP contribution < -0.4 is 4.74 Å². The molecule has 0 radical (unpaired) electrons. The van der Waals surface area contributed by atoms with Gasteiger partial charge in [0.2, 0.25) is 0 Å². The molecule has 0 aliphatic carbocycles. The molecule has 0 saturated carbocycles. The molecule has 22 heavy (non-hydrogen) atoms. The Hall–Kier alpha value is -1.28. The number of thioether (sulfide) groups is 1. The third-order valence-corrected chi connectivity index (χ3v) is 4.57. The predicted molar refractivity (Wildman–Crippen MR) is 90.5 cm³/mol. The Kier molecular flexibility index (Phi) is 5.33. The van der Waals surface area contributed by atoms with Gasteiger partial charge in [0.05, 0.1) is 17.0 Å². The molecule has 2 rings (SSSR count). The number of thiocarbonyl (C=S) groups is 1. The zero-order chi connectivity index (χ0) is 16.4. The molecule has 0 atom stereocenters. The number of halogens is 2. The first-order chi connectivity index (χ1) is 10.3. The second-order valence-electron chi connectivity index (χ2n) is 4.17. The van der Waals surface area contributed by atoms with Crippen molar-refractivity contribution in [2.45, 2.75) is 0 Å². The number of carbonyl (C=O) groups is 2. The fraction of sp³-hybridized carbons (Fsp3) is 0.154. The topological polar surface area (TPSA) is 66.8 Å². The fourth-order valence-electron chi connectivity index (χ4n) is 1.82. The van der Waals surface area contributed by atoms with Gasteiger partial charge in [-0.25, -0.2) is 0 Å². The molecule has 1 saturated heterocycles. The van der Waals surface area contributed by atoms with Crippen molar-refractivity contribution < 1.29 is 19.4 Å². The molecule has 0 spiro atoms. The SMILES string of the molecule is COc1c(Cl)cc(Cl)cc1C=C1SC(=S)N(CC(=O)O)C1=O. The van der Waals surface area contributed by atoms with Crippen molar-refractivity contribution in [3.63, 3.8) is 0 Å². The van der Waals surface area contributed by atoms with E-state index in [1.165, 1.54) is 19.3 Å². The second-order valence-corrected chi connectivity index (χ2v) is 6.69. The van der Waals surface area contributed by atoms with Gasteiger partial charge < -0.3 is 9.84 Å². The highest BCUT2D eigenvalue weighted by Gasteiger charge is 2.33. The Bertz CT molecular complexity index is 706. The molecule has 1 N–H and O–H groups in total. The van der Waals surface area contributed by atoms with Crippen LogP contribution in [0.3, 0.4) is 0 Å². The van der Waals surface area contributed by atoms with Crippen LogP contribution in [-0.4, -0.2) is 39.9 Å². The number of methoxy groups -OCH3 is 1. The molecule has 0 bridgehead atoms. The Labute approximate surface area is 145 Å². The maximum Gasteiger partial charge on any atom is 0.323 e. The van der Waals surface area contributed by atoms with E-state index in [1.54, 1.807) is 6.07 Å². The number of nitrogens with zero attached hydrogens (tertiary/aromatic N) is 1. The van der Waals surface area contributed by atoms with Gasteiger partial charge in [0.1, 0.15) is 16.6 Å². The van der Waals surface area contributed by atoms with Crippen molar-refractivity contribution in [1.29, 1.82) is 0 Å². The molecule has 5 nitrogen and oxygen atoms in total. The van der Waals surface area contributed by atoms with Crippen molar-refractivity contribution in [2.75, 3.05) is 13.7 Å². The summed E-state index contributed by atoms with van der Waals surface area (Å²) >= 11 is 18.0. The zero-order valence-corrected chi connectivity index (χ0v) is 14.3. The molecule has 0 unspecified atom stereocenters. The Morgan fingerprint density at radius 1 is 1.50 bits per heavy atom. The van der Waals surface area contributed by atoms with Crippen molar-refractivity contribution >= 4 is 69.5 Å². The smallest absolute Gasteiger partial charge is 0.323 e. The van der Waals surface area contributed by atoms with Crippen LogP contribution in [0.4, 0.5) is 0 Å². The number of carboxylic acid groups (broad SMARTS) is 1. The molecule has 9 heteroatoms. The van der Waals surface area contributed by atoms with Crippen LogP contribution in [-0.2, 0) is 9.59 Å². The van der Waals surface area contributed by atoms with Crippen molar-refractivity contribution in [3.8, 4) is 5.75 Å². The molecule has 1 aromatic rings. The highest BCUT2D eigenvalue weighted by molar-refractivity contribution is 8.26. The summed E-state index contributed by atoms with van der Waals surface area (Å²) in [6, 6.07) is 3.12. The zero-order valence-electron chi connectivity index (χ0n) is 11.1. The standard InChI is InChI=1S/C13H9Cl2NO4S2/c1-20-11-6(2-7(14)4-8(11)15)3-9-12(19)16(5-10(17)18)13(21)22-9/h2-4H,5H2,1H3,(H,17,18). The summed E-state index contributed by atoms with van der Waals surface area (Å²) in [5.74, 6) is -1.24. The van der Waals surface area contributed by atoms with E-state index in [2.05, 4.69) is 0 Å². The number of benzene rings is 1. The molecular formula is C13H9Cl2NO4S2. The number of rotatable bonds is 4. The summed E-state index contributed by atoms with van der Waals surface area (Å²) in [5, 5.41) is 9.50. The molecule has 1 aromatic carbocycles. The first-order valence-electron chi connectivity index (χ1n) is 5.83. The van der Waals surface area contributed by atoms with Crippen LogP contribution in [0.1, 0.15) is 5.56 Å². The minimum Gasteiger partial charge on any atom is -0.495 e. The van der Waals surface area contributed by atoms with E-state index in [4.69, 9.17) is 45.3 Å². The highest BCUT2D eigenvalue weighted by Crippen LogP contribution is 2.37. The lowest BCUT2D eigenvalue weighted by molar-refractivity contribution is -0.140. The van der Waals surface area contributed by atoms with Gasteiger partial charge in [-0.15, -0.1) is 0 Å². The number of amides is 1. The van der Waals surface area contributed by atoms with Gasteiger partial charge >= 0.3 is 5.97 Å². The van der Waals surface area contributed by atoms with Crippen LogP contribution in [0, 0.1) is 0 Å². The third-order valence-electron chi connectivity index (χ3n) is 2.69. The van der Waals surface area contributed by atoms with Crippen LogP contribution >= 0.6 is 47.2 Å². The van der Waals surface area contributed by atoms with E-state index in [-0.39, 0.29) is 9.23 Å². The van der Waals surface area contributed by atoms with Gasteiger partial charge in [-0.05, 0) is 18.2 Å². The largest absolute Gasteiger partial charge is 0.495 e.